The first-order chi connectivity index (χ1) is 8.24. The summed E-state index contributed by atoms with van der Waals surface area (Å²) in [6.07, 6.45) is 4.20. The Labute approximate surface area is 104 Å². The molecule has 2 rings (SSSR count). The van der Waals surface area contributed by atoms with Crippen molar-refractivity contribution in [1.82, 2.24) is 10.6 Å². The quantitative estimate of drug-likeness (QED) is 0.657. The zero-order valence-electron chi connectivity index (χ0n) is 10.8. The fourth-order valence-electron chi connectivity index (χ4n) is 2.88. The van der Waals surface area contributed by atoms with Crippen molar-refractivity contribution in [1.29, 1.82) is 0 Å². The van der Waals surface area contributed by atoms with Crippen LogP contribution in [0.4, 0.5) is 0 Å². The largest absolute Gasteiger partial charge is 0.393 e. The van der Waals surface area contributed by atoms with E-state index >= 15 is 0 Å². The standard InChI is InChI=1S/C13H26N2O2/c1-10(6-12-9-17-5-4-14-12)15-8-11-2-3-13(16)7-11/h10-16H,2-9H2,1H3. The first-order valence-electron chi connectivity index (χ1n) is 6.96. The van der Waals surface area contributed by atoms with Crippen LogP contribution in [0.1, 0.15) is 32.6 Å². The monoisotopic (exact) mass is 242 g/mol. The van der Waals surface area contributed by atoms with E-state index in [9.17, 15) is 5.11 Å². The van der Waals surface area contributed by atoms with Gasteiger partial charge >= 0.3 is 0 Å². The molecule has 4 unspecified atom stereocenters. The van der Waals surface area contributed by atoms with Crippen LogP contribution in [0.3, 0.4) is 0 Å². The zero-order chi connectivity index (χ0) is 12.1. The van der Waals surface area contributed by atoms with Crippen LogP contribution in [0.2, 0.25) is 0 Å². The van der Waals surface area contributed by atoms with E-state index in [0.717, 1.165) is 45.6 Å². The van der Waals surface area contributed by atoms with Gasteiger partial charge in [0.2, 0.25) is 0 Å². The van der Waals surface area contributed by atoms with E-state index in [0.29, 0.717) is 18.0 Å². The number of rotatable bonds is 5. The van der Waals surface area contributed by atoms with Crippen molar-refractivity contribution in [3.8, 4) is 0 Å². The van der Waals surface area contributed by atoms with Crippen molar-refractivity contribution in [2.75, 3.05) is 26.3 Å². The summed E-state index contributed by atoms with van der Waals surface area (Å²) in [5.41, 5.74) is 0. The minimum Gasteiger partial charge on any atom is -0.393 e. The zero-order valence-corrected chi connectivity index (χ0v) is 10.8. The lowest BCUT2D eigenvalue weighted by Crippen LogP contribution is -2.45. The Bertz CT molecular complexity index is 219. The van der Waals surface area contributed by atoms with Crippen LogP contribution >= 0.6 is 0 Å². The lowest BCUT2D eigenvalue weighted by atomic mass is 10.1. The van der Waals surface area contributed by atoms with Crippen LogP contribution < -0.4 is 10.6 Å². The van der Waals surface area contributed by atoms with Gasteiger partial charge in [-0.15, -0.1) is 0 Å². The summed E-state index contributed by atoms with van der Waals surface area (Å²) in [5, 5.41) is 16.5. The molecule has 2 fully saturated rings. The molecule has 1 saturated heterocycles. The van der Waals surface area contributed by atoms with Crippen LogP contribution in [0.5, 0.6) is 0 Å². The molecule has 1 aliphatic carbocycles. The van der Waals surface area contributed by atoms with Gasteiger partial charge in [0.15, 0.2) is 0 Å². The topological polar surface area (TPSA) is 53.5 Å². The Morgan fingerprint density at radius 1 is 1.47 bits per heavy atom. The van der Waals surface area contributed by atoms with Crippen molar-refractivity contribution in [3.63, 3.8) is 0 Å². The van der Waals surface area contributed by atoms with Gasteiger partial charge in [-0.3, -0.25) is 0 Å². The van der Waals surface area contributed by atoms with Gasteiger partial charge in [0, 0.05) is 18.6 Å². The molecule has 0 aromatic carbocycles. The van der Waals surface area contributed by atoms with Crippen LogP contribution in [-0.4, -0.2) is 49.6 Å². The molecule has 1 saturated carbocycles. The van der Waals surface area contributed by atoms with Crippen molar-refractivity contribution in [3.05, 3.63) is 0 Å². The lowest BCUT2D eigenvalue weighted by molar-refractivity contribution is 0.0710. The highest BCUT2D eigenvalue weighted by molar-refractivity contribution is 4.80. The molecule has 17 heavy (non-hydrogen) atoms. The van der Waals surface area contributed by atoms with Gasteiger partial charge in [0.05, 0.1) is 19.3 Å². The van der Waals surface area contributed by atoms with E-state index in [1.807, 2.05) is 0 Å². The number of aliphatic hydroxyl groups excluding tert-OH is 1. The van der Waals surface area contributed by atoms with Crippen molar-refractivity contribution >= 4 is 0 Å². The fourth-order valence-corrected chi connectivity index (χ4v) is 2.88. The van der Waals surface area contributed by atoms with Crippen molar-refractivity contribution in [2.24, 2.45) is 5.92 Å². The molecule has 0 radical (unpaired) electrons. The molecule has 0 aromatic heterocycles. The molecule has 1 aliphatic heterocycles. The van der Waals surface area contributed by atoms with Gasteiger partial charge in [0.25, 0.3) is 0 Å². The molecule has 0 amide bonds. The molecule has 0 bridgehead atoms. The third-order valence-electron chi connectivity index (χ3n) is 3.91. The van der Waals surface area contributed by atoms with Gasteiger partial charge in [-0.25, -0.2) is 0 Å². The first kappa shape index (κ1) is 13.3. The summed E-state index contributed by atoms with van der Waals surface area (Å²) in [6, 6.07) is 1.02. The Morgan fingerprint density at radius 3 is 3.00 bits per heavy atom. The van der Waals surface area contributed by atoms with Crippen LogP contribution in [0.15, 0.2) is 0 Å². The summed E-state index contributed by atoms with van der Waals surface area (Å²) < 4.78 is 5.45. The van der Waals surface area contributed by atoms with E-state index in [1.165, 1.54) is 6.42 Å². The molecule has 4 heteroatoms. The van der Waals surface area contributed by atoms with Gasteiger partial charge < -0.3 is 20.5 Å². The number of hydrogen-bond acceptors (Lipinski definition) is 4. The molecular weight excluding hydrogens is 216 g/mol. The summed E-state index contributed by atoms with van der Waals surface area (Å²) >= 11 is 0. The third-order valence-corrected chi connectivity index (χ3v) is 3.91. The molecule has 1 heterocycles. The molecule has 4 nitrogen and oxygen atoms in total. The number of nitrogens with one attached hydrogen (secondary N) is 2. The number of ether oxygens (including phenoxy) is 1. The highest BCUT2D eigenvalue weighted by atomic mass is 16.5. The normalized spacial score (nSPS) is 36.0. The second kappa shape index (κ2) is 6.69. The summed E-state index contributed by atoms with van der Waals surface area (Å²) in [7, 11) is 0. The van der Waals surface area contributed by atoms with Crippen molar-refractivity contribution < 1.29 is 9.84 Å². The van der Waals surface area contributed by atoms with Gasteiger partial charge in [0.1, 0.15) is 0 Å². The molecule has 100 valence electrons. The Kier molecular flexibility index (Phi) is 5.22. The maximum absolute atomic E-state index is 9.47. The second-order valence-electron chi connectivity index (χ2n) is 5.60. The van der Waals surface area contributed by atoms with Crippen LogP contribution in [0, 0.1) is 5.92 Å². The van der Waals surface area contributed by atoms with E-state index in [4.69, 9.17) is 4.74 Å². The minimum atomic E-state index is -0.0504. The molecule has 0 spiro atoms. The second-order valence-corrected chi connectivity index (χ2v) is 5.60. The summed E-state index contributed by atoms with van der Waals surface area (Å²) in [5.74, 6) is 0.669. The Hall–Kier alpha value is -0.160. The third kappa shape index (κ3) is 4.54. The molecule has 3 N–H and O–H groups in total. The van der Waals surface area contributed by atoms with Gasteiger partial charge in [-0.05, 0) is 45.1 Å². The highest BCUT2D eigenvalue weighted by Crippen LogP contribution is 2.24. The van der Waals surface area contributed by atoms with Crippen molar-refractivity contribution in [2.45, 2.75) is 50.8 Å². The number of aliphatic hydroxyl groups is 1. The van der Waals surface area contributed by atoms with E-state index in [-0.39, 0.29) is 6.10 Å². The van der Waals surface area contributed by atoms with Crippen LogP contribution in [0.25, 0.3) is 0 Å². The maximum Gasteiger partial charge on any atom is 0.0620 e. The molecule has 4 atom stereocenters. The Balaban J connectivity index is 1.58. The van der Waals surface area contributed by atoms with Crippen LogP contribution in [-0.2, 0) is 4.74 Å². The van der Waals surface area contributed by atoms with Gasteiger partial charge in [-0.1, -0.05) is 0 Å². The smallest absolute Gasteiger partial charge is 0.0620 e. The van der Waals surface area contributed by atoms with E-state index < -0.39 is 0 Å². The minimum absolute atomic E-state index is 0.0504. The van der Waals surface area contributed by atoms with E-state index in [2.05, 4.69) is 17.6 Å². The number of morpholine rings is 1. The Morgan fingerprint density at radius 2 is 2.35 bits per heavy atom. The fraction of sp³-hybridized carbons (Fsp3) is 1.00. The SMILES string of the molecule is CC(CC1COCCN1)NCC1CCC(O)C1. The van der Waals surface area contributed by atoms with Gasteiger partial charge in [-0.2, -0.15) is 0 Å². The molecule has 2 aliphatic rings. The first-order valence-corrected chi connectivity index (χ1v) is 6.96. The maximum atomic E-state index is 9.47. The predicted octanol–water partition coefficient (Wildman–Crippen LogP) is 0.504. The lowest BCUT2D eigenvalue weighted by Gasteiger charge is -2.27. The summed E-state index contributed by atoms with van der Waals surface area (Å²) in [4.78, 5) is 0. The van der Waals surface area contributed by atoms with E-state index in [1.54, 1.807) is 0 Å². The average Bonchev–Trinajstić information content (AvgIpc) is 2.74. The average molecular weight is 242 g/mol. The summed E-state index contributed by atoms with van der Waals surface area (Å²) in [6.45, 7) is 5.95. The molecular formula is C13H26N2O2. The highest BCUT2D eigenvalue weighted by Gasteiger charge is 2.23. The predicted molar refractivity (Wildman–Crippen MR) is 68.0 cm³/mol. The number of hydrogen-bond donors (Lipinski definition) is 3. The molecule has 0 aromatic rings.